The van der Waals surface area contributed by atoms with E-state index in [1.165, 1.54) is 17.6 Å². The van der Waals surface area contributed by atoms with Crippen molar-refractivity contribution in [3.63, 3.8) is 0 Å². The Bertz CT molecular complexity index is 1160. The lowest BCUT2D eigenvalue weighted by molar-refractivity contribution is 0.419. The zero-order valence-corrected chi connectivity index (χ0v) is 18.4. The number of ether oxygens (including phenoxy) is 1. The summed E-state index contributed by atoms with van der Waals surface area (Å²) in [4.78, 5) is 9.31. The molecule has 0 radical (unpaired) electrons. The van der Waals surface area contributed by atoms with Gasteiger partial charge in [-0.05, 0) is 32.0 Å². The van der Waals surface area contributed by atoms with Crippen LogP contribution in [0.5, 0.6) is 5.75 Å². The summed E-state index contributed by atoms with van der Waals surface area (Å²) in [6.45, 7) is 3.37. The van der Waals surface area contributed by atoms with E-state index in [-0.39, 0.29) is 5.75 Å². The Labute approximate surface area is 173 Å². The van der Waals surface area contributed by atoms with E-state index in [1.54, 1.807) is 21.0 Å². The van der Waals surface area contributed by atoms with Crippen molar-refractivity contribution in [2.24, 2.45) is 10.7 Å². The molecular weight excluding hydrogens is 418 g/mol. The third-order valence-corrected chi connectivity index (χ3v) is 7.16. The lowest BCUT2D eigenvalue weighted by Gasteiger charge is -2.24. The molecule has 2 heterocycles. The number of thiophene rings is 1. The summed E-state index contributed by atoms with van der Waals surface area (Å²) in [5.74, 6) is 0.860. The third-order valence-electron chi connectivity index (χ3n) is 4.25. The average molecular weight is 440 g/mol. The van der Waals surface area contributed by atoms with Crippen LogP contribution >= 0.6 is 22.9 Å². The first-order valence-electron chi connectivity index (χ1n) is 8.48. The van der Waals surface area contributed by atoms with E-state index in [4.69, 9.17) is 22.1 Å². The highest BCUT2D eigenvalue weighted by atomic mass is 35.5. The molecule has 0 amide bonds. The van der Waals surface area contributed by atoms with Crippen LogP contribution in [0, 0.1) is 0 Å². The molecule has 3 rings (SSSR count). The maximum absolute atomic E-state index is 12.0. The molecule has 1 aromatic carbocycles. The third kappa shape index (κ3) is 4.19. The molecule has 28 heavy (non-hydrogen) atoms. The summed E-state index contributed by atoms with van der Waals surface area (Å²) < 4.78 is 29.4. The molecule has 0 saturated carbocycles. The highest BCUT2D eigenvalue weighted by Gasteiger charge is 2.35. The number of nitrogens with two attached hydrogens (primary N) is 1. The minimum Gasteiger partial charge on any atom is -0.495 e. The fourth-order valence-corrected chi connectivity index (χ4v) is 6.27. The number of H-pyrrole nitrogens is 1. The van der Waals surface area contributed by atoms with Gasteiger partial charge in [0.25, 0.3) is 0 Å². The standard InChI is InChI=1S/C19H22ClN3O3S2/c1-11(21)23-19(2,10-28(4,24)25)18-13(20)9-16(27-18)14-8-12-6-5-7-15(26-3)17(12)22-14/h5-9,22H,10H2,1-4H3,(H2,21,23)/t19-/m0/s1. The van der Waals surface area contributed by atoms with Crippen LogP contribution in [0.4, 0.5) is 0 Å². The highest BCUT2D eigenvalue weighted by Crippen LogP contribution is 2.43. The summed E-state index contributed by atoms with van der Waals surface area (Å²) in [5, 5.41) is 1.47. The van der Waals surface area contributed by atoms with Gasteiger partial charge in [0.15, 0.2) is 0 Å². The number of nitrogens with zero attached hydrogens (tertiary/aromatic N) is 1. The number of methoxy groups -OCH3 is 1. The molecule has 6 nitrogen and oxygen atoms in total. The molecule has 0 spiro atoms. The van der Waals surface area contributed by atoms with Gasteiger partial charge in [-0.3, -0.25) is 4.99 Å². The zero-order chi connectivity index (χ0) is 20.7. The molecule has 0 bridgehead atoms. The van der Waals surface area contributed by atoms with Crippen LogP contribution in [0.2, 0.25) is 5.02 Å². The van der Waals surface area contributed by atoms with Gasteiger partial charge in [0.1, 0.15) is 21.1 Å². The molecule has 150 valence electrons. The van der Waals surface area contributed by atoms with Gasteiger partial charge in [0, 0.05) is 11.6 Å². The van der Waals surface area contributed by atoms with E-state index in [0.717, 1.165) is 27.2 Å². The number of hydrogen-bond acceptors (Lipinski definition) is 5. The van der Waals surface area contributed by atoms with Crippen molar-refractivity contribution in [2.75, 3.05) is 19.1 Å². The number of halogens is 1. The number of aromatic amines is 1. The molecule has 0 fully saturated rings. The van der Waals surface area contributed by atoms with Gasteiger partial charge in [-0.1, -0.05) is 23.7 Å². The lowest BCUT2D eigenvalue weighted by atomic mass is 10.0. The zero-order valence-electron chi connectivity index (χ0n) is 16.0. The van der Waals surface area contributed by atoms with Gasteiger partial charge in [-0.25, -0.2) is 8.42 Å². The molecule has 9 heteroatoms. The van der Waals surface area contributed by atoms with Crippen molar-refractivity contribution in [2.45, 2.75) is 19.4 Å². The first-order chi connectivity index (χ1) is 13.0. The molecular formula is C19H22ClN3O3S2. The molecule has 0 saturated heterocycles. The number of aromatic nitrogens is 1. The van der Waals surface area contributed by atoms with Gasteiger partial charge >= 0.3 is 0 Å². The van der Waals surface area contributed by atoms with E-state index in [9.17, 15) is 8.42 Å². The van der Waals surface area contributed by atoms with Crippen LogP contribution in [0.25, 0.3) is 21.5 Å². The number of fused-ring (bicyclic) bond motifs is 1. The summed E-state index contributed by atoms with van der Waals surface area (Å²) in [6.07, 6.45) is 1.18. The minimum atomic E-state index is -3.32. The second-order valence-electron chi connectivity index (χ2n) is 6.99. The largest absolute Gasteiger partial charge is 0.495 e. The first-order valence-corrected chi connectivity index (χ1v) is 11.7. The number of rotatable bonds is 6. The minimum absolute atomic E-state index is 0.186. The Morgan fingerprint density at radius 2 is 2.11 bits per heavy atom. The van der Waals surface area contributed by atoms with Gasteiger partial charge in [0.2, 0.25) is 0 Å². The van der Waals surface area contributed by atoms with Crippen molar-refractivity contribution in [3.8, 4) is 16.3 Å². The second-order valence-corrected chi connectivity index (χ2v) is 10.6. The number of nitrogens with one attached hydrogen (secondary N) is 1. The van der Waals surface area contributed by atoms with E-state index in [0.29, 0.717) is 15.7 Å². The molecule has 3 N–H and O–H groups in total. The number of benzene rings is 1. The van der Waals surface area contributed by atoms with Crippen molar-refractivity contribution in [3.05, 3.63) is 40.2 Å². The summed E-state index contributed by atoms with van der Waals surface area (Å²) in [7, 11) is -1.69. The maximum atomic E-state index is 12.0. The topological polar surface area (TPSA) is 97.5 Å². The quantitative estimate of drug-likeness (QED) is 0.444. The average Bonchev–Trinajstić information content (AvgIpc) is 3.15. The van der Waals surface area contributed by atoms with Crippen LogP contribution in [-0.2, 0) is 15.4 Å². The molecule has 0 aliphatic heterocycles. The SMILES string of the molecule is COc1cccc2cc(-c3cc(Cl)c([C@](C)(CS(C)(=O)=O)N=C(C)N)s3)[nH]c12. The number of para-hydroxylation sites is 1. The molecule has 0 unspecified atom stereocenters. The Kier molecular flexibility index (Phi) is 5.49. The highest BCUT2D eigenvalue weighted by molar-refractivity contribution is 7.90. The van der Waals surface area contributed by atoms with Gasteiger partial charge in [-0.2, -0.15) is 0 Å². The summed E-state index contributed by atoms with van der Waals surface area (Å²) in [6, 6.07) is 9.63. The fraction of sp³-hybridized carbons (Fsp3) is 0.316. The smallest absolute Gasteiger partial charge is 0.150 e. The van der Waals surface area contributed by atoms with Gasteiger partial charge < -0.3 is 15.5 Å². The van der Waals surface area contributed by atoms with Gasteiger partial charge in [0.05, 0.1) is 44.7 Å². The Balaban J connectivity index is 2.13. The number of sulfone groups is 1. The molecule has 0 aliphatic carbocycles. The van der Waals surface area contributed by atoms with Crippen LogP contribution in [0.15, 0.2) is 35.3 Å². The van der Waals surface area contributed by atoms with Crippen LogP contribution < -0.4 is 10.5 Å². The van der Waals surface area contributed by atoms with Crippen LogP contribution in [-0.4, -0.2) is 38.4 Å². The van der Waals surface area contributed by atoms with E-state index in [1.807, 2.05) is 30.3 Å². The lowest BCUT2D eigenvalue weighted by Crippen LogP contribution is -2.31. The van der Waals surface area contributed by atoms with Crippen molar-refractivity contribution in [1.82, 2.24) is 4.98 Å². The predicted octanol–water partition coefficient (Wildman–Crippen LogP) is 4.20. The molecule has 1 atom stereocenters. The van der Waals surface area contributed by atoms with E-state index in [2.05, 4.69) is 9.98 Å². The monoisotopic (exact) mass is 439 g/mol. The number of amidine groups is 1. The molecule has 2 aromatic heterocycles. The van der Waals surface area contributed by atoms with E-state index >= 15 is 0 Å². The van der Waals surface area contributed by atoms with E-state index < -0.39 is 15.4 Å². The molecule has 3 aromatic rings. The van der Waals surface area contributed by atoms with Crippen LogP contribution in [0.3, 0.4) is 0 Å². The Morgan fingerprint density at radius 3 is 2.71 bits per heavy atom. The van der Waals surface area contributed by atoms with Crippen molar-refractivity contribution < 1.29 is 13.2 Å². The summed E-state index contributed by atoms with van der Waals surface area (Å²) >= 11 is 7.92. The summed E-state index contributed by atoms with van der Waals surface area (Å²) in [5.41, 5.74) is 6.48. The Hall–Kier alpha value is -2.03. The van der Waals surface area contributed by atoms with Crippen molar-refractivity contribution in [1.29, 1.82) is 0 Å². The predicted molar refractivity (Wildman–Crippen MR) is 118 cm³/mol. The molecule has 0 aliphatic rings. The number of aliphatic imine (C=N–C) groups is 1. The second kappa shape index (κ2) is 7.42. The maximum Gasteiger partial charge on any atom is 0.150 e. The first kappa shape index (κ1) is 20.7. The Morgan fingerprint density at radius 1 is 1.39 bits per heavy atom. The number of hydrogen-bond donors (Lipinski definition) is 2. The fourth-order valence-electron chi connectivity index (χ4n) is 3.35. The van der Waals surface area contributed by atoms with Crippen LogP contribution in [0.1, 0.15) is 18.7 Å². The normalized spacial score (nSPS) is 15.0. The van der Waals surface area contributed by atoms with Crippen molar-refractivity contribution >= 4 is 49.5 Å². The van der Waals surface area contributed by atoms with Gasteiger partial charge in [-0.15, -0.1) is 11.3 Å².